The molecule has 0 radical (unpaired) electrons. The fourth-order valence-corrected chi connectivity index (χ4v) is 5.99. The van der Waals surface area contributed by atoms with Gasteiger partial charge in [0.25, 0.3) is 10.0 Å². The maximum Gasteiger partial charge on any atom is 0.252 e. The Kier molecular flexibility index (Phi) is 7.59. The predicted octanol–water partition coefficient (Wildman–Crippen LogP) is 1.65. The monoisotopic (exact) mass is 451 g/mol. The molecule has 0 spiro atoms. The molecule has 162 valence electrons. The zero-order valence-electron chi connectivity index (χ0n) is 16.7. The van der Waals surface area contributed by atoms with Crippen LogP contribution in [0.4, 0.5) is 0 Å². The first-order valence-corrected chi connectivity index (χ1v) is 11.9. The number of carbonyl (C=O) groups is 2. The van der Waals surface area contributed by atoms with Crippen LogP contribution in [0.2, 0.25) is 0 Å². The molecule has 1 saturated heterocycles. The highest BCUT2D eigenvalue weighted by Crippen LogP contribution is 2.25. The number of hydrogen-bond acceptors (Lipinski definition) is 6. The van der Waals surface area contributed by atoms with Crippen molar-refractivity contribution >= 4 is 33.2 Å². The summed E-state index contributed by atoms with van der Waals surface area (Å²) < 4.78 is 32.3. The predicted molar refractivity (Wildman–Crippen MR) is 113 cm³/mol. The molecule has 30 heavy (non-hydrogen) atoms. The van der Waals surface area contributed by atoms with Gasteiger partial charge >= 0.3 is 0 Å². The molecule has 0 aliphatic carbocycles. The van der Waals surface area contributed by atoms with Gasteiger partial charge in [0.2, 0.25) is 11.8 Å². The number of amides is 2. The summed E-state index contributed by atoms with van der Waals surface area (Å²) in [5.74, 6) is -0.448. The van der Waals surface area contributed by atoms with Crippen LogP contribution in [-0.2, 0) is 30.9 Å². The van der Waals surface area contributed by atoms with Crippen LogP contribution in [0.25, 0.3) is 0 Å². The molecule has 2 amide bonds. The Hall–Kier alpha value is -2.27. The molecule has 1 aromatic carbocycles. The zero-order chi connectivity index (χ0) is 21.6. The van der Waals surface area contributed by atoms with E-state index in [9.17, 15) is 18.0 Å². The molecule has 1 aromatic heterocycles. The Morgan fingerprint density at radius 2 is 1.83 bits per heavy atom. The van der Waals surface area contributed by atoms with Crippen molar-refractivity contribution in [3.63, 3.8) is 0 Å². The third-order valence-electron chi connectivity index (χ3n) is 4.63. The highest BCUT2D eigenvalue weighted by Gasteiger charge is 2.27. The summed E-state index contributed by atoms with van der Waals surface area (Å²) in [6.45, 7) is 3.11. The van der Waals surface area contributed by atoms with Gasteiger partial charge in [-0.2, -0.15) is 4.31 Å². The lowest BCUT2D eigenvalue weighted by molar-refractivity contribution is -0.122. The van der Waals surface area contributed by atoms with Gasteiger partial charge in [0, 0.05) is 24.9 Å². The van der Waals surface area contributed by atoms with Crippen LogP contribution in [0.5, 0.6) is 0 Å². The number of carbonyl (C=O) groups excluding carboxylic acids is 2. The molecule has 1 aliphatic rings. The molecule has 1 aliphatic heterocycles. The van der Waals surface area contributed by atoms with Gasteiger partial charge in [0.15, 0.2) is 0 Å². The molecule has 2 N–H and O–H groups in total. The largest absolute Gasteiger partial charge is 0.379 e. The van der Waals surface area contributed by atoms with Gasteiger partial charge in [-0.25, -0.2) is 8.42 Å². The summed E-state index contributed by atoms with van der Waals surface area (Å²) in [5, 5.41) is 5.60. The summed E-state index contributed by atoms with van der Waals surface area (Å²) >= 11 is 1.15. The van der Waals surface area contributed by atoms with Crippen LogP contribution < -0.4 is 10.6 Å². The van der Waals surface area contributed by atoms with E-state index in [1.807, 2.05) is 30.3 Å². The first kappa shape index (κ1) is 22.4. The van der Waals surface area contributed by atoms with Crippen LogP contribution >= 0.6 is 11.3 Å². The number of morpholine rings is 1. The molecule has 1 atom stereocenters. The van der Waals surface area contributed by atoms with Gasteiger partial charge in [0.1, 0.15) is 4.21 Å². The van der Waals surface area contributed by atoms with Crippen LogP contribution in [-0.4, -0.2) is 50.8 Å². The second-order valence-corrected chi connectivity index (χ2v) is 10.2. The Morgan fingerprint density at radius 3 is 2.50 bits per heavy atom. The minimum absolute atomic E-state index is 0.0912. The lowest BCUT2D eigenvalue weighted by Gasteiger charge is -2.25. The number of rotatable bonds is 8. The van der Waals surface area contributed by atoms with Gasteiger partial charge in [-0.05, 0) is 17.7 Å². The Balaban J connectivity index is 1.58. The zero-order valence-corrected chi connectivity index (χ0v) is 18.3. The number of thiophene rings is 1. The third kappa shape index (κ3) is 5.88. The van der Waals surface area contributed by atoms with Crippen LogP contribution in [0.3, 0.4) is 0 Å². The van der Waals surface area contributed by atoms with Crippen molar-refractivity contribution in [2.75, 3.05) is 26.3 Å². The van der Waals surface area contributed by atoms with E-state index in [0.717, 1.165) is 21.8 Å². The van der Waals surface area contributed by atoms with Crippen molar-refractivity contribution in [1.82, 2.24) is 14.9 Å². The molecule has 2 aromatic rings. The summed E-state index contributed by atoms with van der Waals surface area (Å²) in [6, 6.07) is 12.1. The molecular weight excluding hydrogens is 426 g/mol. The molecule has 0 unspecified atom stereocenters. The molecule has 1 fully saturated rings. The third-order valence-corrected chi connectivity index (χ3v) is 8.08. The number of nitrogens with zero attached hydrogens (tertiary/aromatic N) is 1. The van der Waals surface area contributed by atoms with Crippen molar-refractivity contribution in [1.29, 1.82) is 0 Å². The SMILES string of the molecule is CC(=O)N[C@@H](CC(=O)NCc1ccc(S(=O)(=O)N2CCOCC2)s1)c1ccccc1. The van der Waals surface area contributed by atoms with E-state index in [4.69, 9.17) is 4.74 Å². The van der Waals surface area contributed by atoms with Crippen molar-refractivity contribution in [2.24, 2.45) is 0 Å². The Morgan fingerprint density at radius 1 is 1.13 bits per heavy atom. The molecule has 0 bridgehead atoms. The smallest absolute Gasteiger partial charge is 0.252 e. The maximum atomic E-state index is 12.7. The van der Waals surface area contributed by atoms with Gasteiger partial charge in [-0.3, -0.25) is 9.59 Å². The highest BCUT2D eigenvalue weighted by molar-refractivity contribution is 7.91. The van der Waals surface area contributed by atoms with Crippen molar-refractivity contribution in [3.05, 3.63) is 52.9 Å². The molecule has 2 heterocycles. The minimum atomic E-state index is -3.54. The number of sulfonamides is 1. The van der Waals surface area contributed by atoms with Crippen LogP contribution in [0.1, 0.15) is 29.8 Å². The second kappa shape index (κ2) is 10.2. The quantitative estimate of drug-likeness (QED) is 0.635. The minimum Gasteiger partial charge on any atom is -0.379 e. The topological polar surface area (TPSA) is 105 Å². The van der Waals surface area contributed by atoms with Gasteiger partial charge in [-0.15, -0.1) is 11.3 Å². The van der Waals surface area contributed by atoms with Gasteiger partial charge in [0.05, 0.1) is 32.2 Å². The summed E-state index contributed by atoms with van der Waals surface area (Å²) in [6.07, 6.45) is 0.0912. The van der Waals surface area contributed by atoms with E-state index in [1.165, 1.54) is 11.2 Å². The van der Waals surface area contributed by atoms with E-state index in [0.29, 0.717) is 26.3 Å². The average molecular weight is 452 g/mol. The Labute approximate surface area is 180 Å². The van der Waals surface area contributed by atoms with E-state index in [2.05, 4.69) is 10.6 Å². The fourth-order valence-electron chi connectivity index (χ4n) is 3.13. The van der Waals surface area contributed by atoms with Crippen molar-refractivity contribution < 1.29 is 22.7 Å². The normalized spacial score (nSPS) is 16.0. The van der Waals surface area contributed by atoms with Gasteiger partial charge in [-0.1, -0.05) is 30.3 Å². The summed E-state index contributed by atoms with van der Waals surface area (Å²) in [5.41, 5.74) is 0.845. The second-order valence-electron chi connectivity index (χ2n) is 6.88. The number of ether oxygens (including phenoxy) is 1. The Bertz CT molecular complexity index is 969. The molecular formula is C20H25N3O5S2. The average Bonchev–Trinajstić information content (AvgIpc) is 3.23. The summed E-state index contributed by atoms with van der Waals surface area (Å²) in [4.78, 5) is 24.7. The van der Waals surface area contributed by atoms with E-state index in [-0.39, 0.29) is 29.0 Å². The van der Waals surface area contributed by atoms with Gasteiger partial charge < -0.3 is 15.4 Å². The molecule has 10 heteroatoms. The van der Waals surface area contributed by atoms with E-state index >= 15 is 0 Å². The van der Waals surface area contributed by atoms with E-state index in [1.54, 1.807) is 12.1 Å². The highest BCUT2D eigenvalue weighted by atomic mass is 32.2. The number of nitrogens with one attached hydrogen (secondary N) is 2. The molecule has 8 nitrogen and oxygen atoms in total. The van der Waals surface area contributed by atoms with Crippen molar-refractivity contribution in [3.8, 4) is 0 Å². The standard InChI is InChI=1S/C20H25N3O5S2/c1-15(24)22-18(16-5-3-2-4-6-16)13-19(25)21-14-17-7-8-20(29-17)30(26,27)23-9-11-28-12-10-23/h2-8,18H,9-14H2,1H3,(H,21,25)(H,22,24)/t18-/m0/s1. The summed E-state index contributed by atoms with van der Waals surface area (Å²) in [7, 11) is -3.54. The van der Waals surface area contributed by atoms with Crippen LogP contribution in [0, 0.1) is 0 Å². The first-order valence-electron chi connectivity index (χ1n) is 9.61. The first-order chi connectivity index (χ1) is 14.4. The van der Waals surface area contributed by atoms with E-state index < -0.39 is 16.1 Å². The molecule has 0 saturated carbocycles. The number of hydrogen-bond donors (Lipinski definition) is 2. The molecule has 3 rings (SSSR count). The fraction of sp³-hybridized carbons (Fsp3) is 0.400. The number of benzene rings is 1. The van der Waals surface area contributed by atoms with Crippen LogP contribution in [0.15, 0.2) is 46.7 Å². The lowest BCUT2D eigenvalue weighted by Crippen LogP contribution is -2.40. The van der Waals surface area contributed by atoms with Crippen molar-refractivity contribution in [2.45, 2.75) is 30.1 Å². The lowest BCUT2D eigenvalue weighted by atomic mass is 10.0. The maximum absolute atomic E-state index is 12.7.